The van der Waals surface area contributed by atoms with E-state index in [9.17, 15) is 9.90 Å². The Hall–Kier alpha value is -0.650. The van der Waals surface area contributed by atoms with Gasteiger partial charge in [-0.1, -0.05) is 0 Å². The van der Waals surface area contributed by atoms with Gasteiger partial charge in [0.1, 0.15) is 5.60 Å². The minimum atomic E-state index is -0.864. The molecule has 5 nitrogen and oxygen atoms in total. The fourth-order valence-electron chi connectivity index (χ4n) is 1.67. The molecular weight excluding hydrogens is 208 g/mol. The molecule has 2 unspecified atom stereocenters. The van der Waals surface area contributed by atoms with Gasteiger partial charge in [-0.3, -0.25) is 4.79 Å². The van der Waals surface area contributed by atoms with Crippen molar-refractivity contribution < 1.29 is 14.6 Å². The Kier molecular flexibility index (Phi) is 5.18. The summed E-state index contributed by atoms with van der Waals surface area (Å²) in [6.07, 6.45) is 2.70. The molecule has 16 heavy (non-hydrogen) atoms. The maximum Gasteiger partial charge on any atom is 0.220 e. The van der Waals surface area contributed by atoms with Crippen molar-refractivity contribution in [2.45, 2.75) is 44.2 Å². The Balaban J connectivity index is 2.10. The van der Waals surface area contributed by atoms with Crippen molar-refractivity contribution in [1.29, 1.82) is 0 Å². The number of carbonyl (C=O) groups excluding carboxylic acids is 1. The van der Waals surface area contributed by atoms with Crippen LogP contribution in [0.25, 0.3) is 0 Å². The summed E-state index contributed by atoms with van der Waals surface area (Å²) < 4.78 is 5.09. The molecule has 1 saturated heterocycles. The summed E-state index contributed by atoms with van der Waals surface area (Å²) in [4.78, 5) is 11.4. The zero-order chi connectivity index (χ0) is 12.0. The molecule has 1 heterocycles. The summed E-state index contributed by atoms with van der Waals surface area (Å²) in [7, 11) is 0. The Morgan fingerprint density at radius 2 is 2.44 bits per heavy atom. The summed E-state index contributed by atoms with van der Waals surface area (Å²) in [5, 5.41) is 12.6. The second kappa shape index (κ2) is 6.18. The molecule has 1 aliphatic rings. The largest absolute Gasteiger partial charge is 0.386 e. The van der Waals surface area contributed by atoms with Crippen LogP contribution in [-0.2, 0) is 9.53 Å². The minimum Gasteiger partial charge on any atom is -0.386 e. The summed E-state index contributed by atoms with van der Waals surface area (Å²) >= 11 is 0. The number of rotatable bonds is 6. The highest BCUT2D eigenvalue weighted by molar-refractivity contribution is 5.75. The number of ether oxygens (including phenoxy) is 1. The lowest BCUT2D eigenvalue weighted by atomic mass is 10.0. The van der Waals surface area contributed by atoms with Gasteiger partial charge in [0.15, 0.2) is 0 Å². The Morgan fingerprint density at radius 3 is 3.00 bits per heavy atom. The van der Waals surface area contributed by atoms with Crippen LogP contribution in [0.1, 0.15) is 32.6 Å². The molecule has 0 aromatic carbocycles. The maximum absolute atomic E-state index is 11.4. The number of nitrogens with two attached hydrogens (primary N) is 1. The summed E-state index contributed by atoms with van der Waals surface area (Å²) in [5.41, 5.74) is 4.72. The number of hydrogen-bond acceptors (Lipinski definition) is 4. The molecule has 0 aliphatic carbocycles. The molecule has 1 aliphatic heterocycles. The van der Waals surface area contributed by atoms with E-state index in [2.05, 4.69) is 5.32 Å². The number of nitrogens with one attached hydrogen (secondary N) is 1. The molecular formula is C11H22N2O3. The van der Waals surface area contributed by atoms with Gasteiger partial charge in [0, 0.05) is 32.0 Å². The third kappa shape index (κ3) is 4.92. The van der Waals surface area contributed by atoms with Gasteiger partial charge >= 0.3 is 0 Å². The average Bonchev–Trinajstić information content (AvgIpc) is 2.62. The highest BCUT2D eigenvalue weighted by Crippen LogP contribution is 2.16. The van der Waals surface area contributed by atoms with Crippen LogP contribution in [0, 0.1) is 0 Å². The smallest absolute Gasteiger partial charge is 0.220 e. The number of amides is 1. The highest BCUT2D eigenvalue weighted by Gasteiger charge is 2.32. The quantitative estimate of drug-likeness (QED) is 0.588. The molecule has 0 spiro atoms. The van der Waals surface area contributed by atoms with Crippen LogP contribution in [0.3, 0.4) is 0 Å². The first-order chi connectivity index (χ1) is 7.52. The van der Waals surface area contributed by atoms with Gasteiger partial charge in [-0.25, -0.2) is 0 Å². The van der Waals surface area contributed by atoms with Gasteiger partial charge in [0.2, 0.25) is 5.91 Å². The van der Waals surface area contributed by atoms with E-state index >= 15 is 0 Å². The number of hydrogen-bond donors (Lipinski definition) is 3. The Morgan fingerprint density at radius 1 is 1.69 bits per heavy atom. The van der Waals surface area contributed by atoms with E-state index in [0.29, 0.717) is 26.1 Å². The predicted molar refractivity (Wildman–Crippen MR) is 60.9 cm³/mol. The van der Waals surface area contributed by atoms with Gasteiger partial charge in [0.25, 0.3) is 0 Å². The van der Waals surface area contributed by atoms with Crippen LogP contribution in [0.15, 0.2) is 0 Å². The van der Waals surface area contributed by atoms with Gasteiger partial charge in [0.05, 0.1) is 6.61 Å². The molecule has 4 N–H and O–H groups in total. The molecule has 0 bridgehead atoms. The lowest BCUT2D eigenvalue weighted by Crippen LogP contribution is -2.43. The third-order valence-electron chi connectivity index (χ3n) is 2.76. The first kappa shape index (κ1) is 13.4. The van der Waals surface area contributed by atoms with E-state index < -0.39 is 5.60 Å². The van der Waals surface area contributed by atoms with E-state index in [1.165, 1.54) is 0 Å². The first-order valence-corrected chi connectivity index (χ1v) is 5.84. The molecule has 1 rings (SSSR count). The molecule has 0 aromatic rings. The summed E-state index contributed by atoms with van der Waals surface area (Å²) in [5.74, 6) is -0.0269. The van der Waals surface area contributed by atoms with Crippen LogP contribution in [-0.4, -0.2) is 42.4 Å². The Labute approximate surface area is 96.3 Å². The van der Waals surface area contributed by atoms with Crippen molar-refractivity contribution in [3.8, 4) is 0 Å². The molecule has 2 atom stereocenters. The van der Waals surface area contributed by atoms with Gasteiger partial charge in [-0.05, 0) is 19.8 Å². The summed E-state index contributed by atoms with van der Waals surface area (Å²) in [6.45, 7) is 3.09. The minimum absolute atomic E-state index is 0.0269. The predicted octanol–water partition coefficient (Wildman–Crippen LogP) is -0.228. The molecule has 0 radical (unpaired) electrons. The lowest BCUT2D eigenvalue weighted by Gasteiger charge is -2.20. The van der Waals surface area contributed by atoms with Crippen LogP contribution in [0.4, 0.5) is 0 Å². The SMILES string of the molecule is CC(N)CCCC(=O)NCC1(O)CCOC1. The van der Waals surface area contributed by atoms with E-state index in [0.717, 1.165) is 12.8 Å². The number of aliphatic hydroxyl groups is 1. The maximum atomic E-state index is 11.4. The zero-order valence-electron chi connectivity index (χ0n) is 9.87. The fraction of sp³-hybridized carbons (Fsp3) is 0.909. The van der Waals surface area contributed by atoms with Crippen molar-refractivity contribution in [2.75, 3.05) is 19.8 Å². The van der Waals surface area contributed by atoms with Gasteiger partial charge < -0.3 is 20.9 Å². The van der Waals surface area contributed by atoms with Crippen molar-refractivity contribution in [1.82, 2.24) is 5.32 Å². The topological polar surface area (TPSA) is 84.6 Å². The monoisotopic (exact) mass is 230 g/mol. The molecule has 0 saturated carbocycles. The van der Waals surface area contributed by atoms with E-state index in [4.69, 9.17) is 10.5 Å². The van der Waals surface area contributed by atoms with E-state index in [1.807, 2.05) is 6.92 Å². The summed E-state index contributed by atoms with van der Waals surface area (Å²) in [6, 6.07) is 0.139. The molecule has 1 fully saturated rings. The second-order valence-corrected chi connectivity index (χ2v) is 4.67. The second-order valence-electron chi connectivity index (χ2n) is 4.67. The van der Waals surface area contributed by atoms with E-state index in [1.54, 1.807) is 0 Å². The molecule has 0 aromatic heterocycles. The van der Waals surface area contributed by atoms with Crippen molar-refractivity contribution in [3.05, 3.63) is 0 Å². The van der Waals surface area contributed by atoms with Crippen molar-refractivity contribution in [2.24, 2.45) is 5.73 Å². The van der Waals surface area contributed by atoms with Crippen molar-refractivity contribution >= 4 is 5.91 Å². The third-order valence-corrected chi connectivity index (χ3v) is 2.76. The van der Waals surface area contributed by atoms with Crippen LogP contribution in [0.2, 0.25) is 0 Å². The average molecular weight is 230 g/mol. The van der Waals surface area contributed by atoms with Crippen LogP contribution < -0.4 is 11.1 Å². The van der Waals surface area contributed by atoms with Crippen molar-refractivity contribution in [3.63, 3.8) is 0 Å². The highest BCUT2D eigenvalue weighted by atomic mass is 16.5. The zero-order valence-corrected chi connectivity index (χ0v) is 9.87. The molecule has 94 valence electrons. The van der Waals surface area contributed by atoms with Crippen LogP contribution in [0.5, 0.6) is 0 Å². The first-order valence-electron chi connectivity index (χ1n) is 5.84. The number of carbonyl (C=O) groups is 1. The molecule has 5 heteroatoms. The Bertz CT molecular complexity index is 225. The van der Waals surface area contributed by atoms with Gasteiger partial charge in [-0.2, -0.15) is 0 Å². The lowest BCUT2D eigenvalue weighted by molar-refractivity contribution is -0.122. The van der Waals surface area contributed by atoms with Gasteiger partial charge in [-0.15, -0.1) is 0 Å². The van der Waals surface area contributed by atoms with Crippen LogP contribution >= 0.6 is 0 Å². The molecule has 1 amide bonds. The normalized spacial score (nSPS) is 26.7. The van der Waals surface area contributed by atoms with E-state index in [-0.39, 0.29) is 18.5 Å². The standard InChI is InChI=1S/C11H22N2O3/c1-9(12)3-2-4-10(14)13-7-11(15)5-6-16-8-11/h9,15H,2-8,12H2,1H3,(H,13,14). The fourth-order valence-corrected chi connectivity index (χ4v) is 1.67.